The Hall–Kier alpha value is -4.67. The van der Waals surface area contributed by atoms with Gasteiger partial charge in [-0.15, -0.1) is 0 Å². The lowest BCUT2D eigenvalue weighted by Gasteiger charge is -2.07. The van der Waals surface area contributed by atoms with E-state index in [1.165, 1.54) is 36.7 Å². The van der Waals surface area contributed by atoms with Gasteiger partial charge in [0.2, 0.25) is 10.0 Å². The number of anilines is 1. The van der Waals surface area contributed by atoms with E-state index in [1.54, 1.807) is 18.2 Å². The van der Waals surface area contributed by atoms with Gasteiger partial charge in [0.05, 0.1) is 33.6 Å². The Balaban J connectivity index is 1.48. The van der Waals surface area contributed by atoms with E-state index in [-0.39, 0.29) is 10.8 Å². The minimum absolute atomic E-state index is 0.00194. The predicted octanol–water partition coefficient (Wildman–Crippen LogP) is 3.76. The summed E-state index contributed by atoms with van der Waals surface area (Å²) in [5, 5.41) is 13.9. The van der Waals surface area contributed by atoms with E-state index in [0.29, 0.717) is 27.8 Å². The van der Waals surface area contributed by atoms with Crippen molar-refractivity contribution in [3.8, 4) is 0 Å². The molecule has 0 atom stereocenters. The molecular weight excluding hydrogens is 476 g/mol. The SMILES string of the molecule is NS(=O)(=O)c1ccc(N/N=C/c2cc(C(=O)N/N=C\C=C\c3ccccc3)c3ccccc3n2)cc1. The first-order valence-corrected chi connectivity index (χ1v) is 12.3. The monoisotopic (exact) mass is 498 g/mol. The average Bonchev–Trinajstić information content (AvgIpc) is 2.88. The van der Waals surface area contributed by atoms with Gasteiger partial charge < -0.3 is 0 Å². The molecule has 1 aromatic heterocycles. The Morgan fingerprint density at radius 3 is 2.39 bits per heavy atom. The maximum atomic E-state index is 12.9. The fourth-order valence-corrected chi connectivity index (χ4v) is 3.77. The van der Waals surface area contributed by atoms with Gasteiger partial charge in [-0.2, -0.15) is 10.2 Å². The Bertz CT molecular complexity index is 1560. The molecule has 36 heavy (non-hydrogen) atoms. The summed E-state index contributed by atoms with van der Waals surface area (Å²) in [5.41, 5.74) is 8.36. The molecule has 0 bridgehead atoms. The molecule has 0 unspecified atom stereocenters. The third-order valence-corrected chi connectivity index (χ3v) is 5.90. The summed E-state index contributed by atoms with van der Waals surface area (Å²) < 4.78 is 22.7. The van der Waals surface area contributed by atoms with Gasteiger partial charge >= 0.3 is 0 Å². The molecule has 0 aliphatic rings. The molecule has 9 nitrogen and oxygen atoms in total. The highest BCUT2D eigenvalue weighted by Gasteiger charge is 2.12. The minimum Gasteiger partial charge on any atom is -0.278 e. The minimum atomic E-state index is -3.77. The van der Waals surface area contributed by atoms with Crippen LogP contribution in [0, 0.1) is 0 Å². The second kappa shape index (κ2) is 11.2. The van der Waals surface area contributed by atoms with Crippen LogP contribution in [0.2, 0.25) is 0 Å². The topological polar surface area (TPSA) is 139 Å². The van der Waals surface area contributed by atoms with Crippen molar-refractivity contribution in [1.29, 1.82) is 0 Å². The second-order valence-corrected chi connectivity index (χ2v) is 9.10. The standard InChI is InChI=1S/C26H22N6O3S/c27-36(34,35)22-14-12-20(13-15-22)31-29-18-21-17-24(23-10-4-5-11-25(23)30-21)26(33)32-28-16-6-9-19-7-2-1-3-8-19/h1-18,31H,(H,32,33)(H2,27,34,35)/b9-6+,28-16-,29-18+. The quantitative estimate of drug-likeness (QED) is 0.251. The molecule has 0 aliphatic heterocycles. The first-order valence-electron chi connectivity index (χ1n) is 10.8. The van der Waals surface area contributed by atoms with Crippen LogP contribution >= 0.6 is 0 Å². The molecule has 4 aromatic rings. The number of fused-ring (bicyclic) bond motifs is 1. The number of carbonyl (C=O) groups excluding carboxylic acids is 1. The molecular formula is C26H22N6O3S. The molecule has 1 heterocycles. The number of hydrazone groups is 2. The number of amides is 1. The molecule has 180 valence electrons. The lowest BCUT2D eigenvalue weighted by atomic mass is 10.1. The van der Waals surface area contributed by atoms with Gasteiger partial charge in [-0.1, -0.05) is 54.6 Å². The van der Waals surface area contributed by atoms with Crippen molar-refractivity contribution in [2.24, 2.45) is 15.3 Å². The third-order valence-electron chi connectivity index (χ3n) is 4.97. The van der Waals surface area contributed by atoms with Crippen molar-refractivity contribution in [2.45, 2.75) is 4.90 Å². The molecule has 0 fully saturated rings. The van der Waals surface area contributed by atoms with Crippen molar-refractivity contribution >= 4 is 51.0 Å². The van der Waals surface area contributed by atoms with Gasteiger partial charge in [0.15, 0.2) is 0 Å². The number of para-hydroxylation sites is 1. The highest BCUT2D eigenvalue weighted by atomic mass is 32.2. The number of primary sulfonamides is 1. The van der Waals surface area contributed by atoms with Crippen LogP contribution in [0.5, 0.6) is 0 Å². The smallest absolute Gasteiger partial charge is 0.272 e. The molecule has 0 saturated heterocycles. The van der Waals surface area contributed by atoms with E-state index in [2.05, 4.69) is 26.0 Å². The van der Waals surface area contributed by atoms with Crippen molar-refractivity contribution < 1.29 is 13.2 Å². The van der Waals surface area contributed by atoms with Gasteiger partial charge in [-0.05, 0) is 48.0 Å². The Kier molecular flexibility index (Phi) is 7.59. The summed E-state index contributed by atoms with van der Waals surface area (Å²) in [6, 6.07) is 24.4. The van der Waals surface area contributed by atoms with Crippen LogP contribution in [0.1, 0.15) is 21.6 Å². The number of hydrogen-bond donors (Lipinski definition) is 3. The van der Waals surface area contributed by atoms with E-state index in [9.17, 15) is 13.2 Å². The number of aromatic nitrogens is 1. The van der Waals surface area contributed by atoms with Crippen LogP contribution in [-0.2, 0) is 10.0 Å². The fraction of sp³-hybridized carbons (Fsp3) is 0. The summed E-state index contributed by atoms with van der Waals surface area (Å²) in [5.74, 6) is -0.390. The fourth-order valence-electron chi connectivity index (χ4n) is 3.26. The number of pyridine rings is 1. The van der Waals surface area contributed by atoms with E-state index in [0.717, 1.165) is 5.56 Å². The Morgan fingerprint density at radius 2 is 1.64 bits per heavy atom. The summed E-state index contributed by atoms with van der Waals surface area (Å²) >= 11 is 0. The van der Waals surface area contributed by atoms with Crippen molar-refractivity contribution in [3.05, 3.63) is 108 Å². The summed E-state index contributed by atoms with van der Waals surface area (Å²) in [7, 11) is -3.77. The first kappa shape index (κ1) is 24.5. The zero-order valence-corrected chi connectivity index (χ0v) is 19.8. The maximum Gasteiger partial charge on any atom is 0.272 e. The largest absolute Gasteiger partial charge is 0.278 e. The number of nitrogens with zero attached hydrogens (tertiary/aromatic N) is 3. The van der Waals surface area contributed by atoms with Gasteiger partial charge in [0, 0.05) is 11.6 Å². The Labute approximate surface area is 208 Å². The van der Waals surface area contributed by atoms with Crippen LogP contribution in [0.3, 0.4) is 0 Å². The highest BCUT2D eigenvalue weighted by molar-refractivity contribution is 7.89. The average molecular weight is 499 g/mol. The van der Waals surface area contributed by atoms with Crippen LogP contribution in [-0.4, -0.2) is 31.7 Å². The van der Waals surface area contributed by atoms with Gasteiger partial charge in [0.25, 0.3) is 5.91 Å². The molecule has 0 aliphatic carbocycles. The van der Waals surface area contributed by atoms with Crippen LogP contribution in [0.25, 0.3) is 17.0 Å². The van der Waals surface area contributed by atoms with E-state index >= 15 is 0 Å². The molecule has 1 amide bonds. The van der Waals surface area contributed by atoms with Gasteiger partial charge in [-0.3, -0.25) is 10.2 Å². The highest BCUT2D eigenvalue weighted by Crippen LogP contribution is 2.18. The molecule has 4 N–H and O–H groups in total. The number of allylic oxidation sites excluding steroid dienone is 1. The molecule has 4 rings (SSSR count). The second-order valence-electron chi connectivity index (χ2n) is 7.54. The van der Waals surface area contributed by atoms with Crippen LogP contribution in [0.4, 0.5) is 5.69 Å². The molecule has 3 aromatic carbocycles. The summed E-state index contributed by atoms with van der Waals surface area (Å²) in [4.78, 5) is 17.4. The maximum absolute atomic E-state index is 12.9. The summed E-state index contributed by atoms with van der Waals surface area (Å²) in [6.07, 6.45) is 6.57. The van der Waals surface area contributed by atoms with Crippen molar-refractivity contribution in [2.75, 3.05) is 5.43 Å². The zero-order chi connectivity index (χ0) is 25.4. The number of benzene rings is 3. The van der Waals surface area contributed by atoms with E-state index < -0.39 is 10.0 Å². The zero-order valence-electron chi connectivity index (χ0n) is 18.9. The lowest BCUT2D eigenvalue weighted by Crippen LogP contribution is -2.18. The molecule has 0 spiro atoms. The molecule has 10 heteroatoms. The van der Waals surface area contributed by atoms with Gasteiger partial charge in [-0.25, -0.2) is 24.0 Å². The van der Waals surface area contributed by atoms with E-state index in [4.69, 9.17) is 5.14 Å². The van der Waals surface area contributed by atoms with Crippen LogP contribution < -0.4 is 16.0 Å². The first-order chi connectivity index (χ1) is 17.4. The van der Waals surface area contributed by atoms with Crippen molar-refractivity contribution in [3.63, 3.8) is 0 Å². The third kappa shape index (κ3) is 6.47. The number of sulfonamides is 1. The predicted molar refractivity (Wildman–Crippen MR) is 142 cm³/mol. The summed E-state index contributed by atoms with van der Waals surface area (Å²) in [6.45, 7) is 0. The number of rotatable bonds is 8. The lowest BCUT2D eigenvalue weighted by molar-refractivity contribution is 0.0956. The molecule has 0 saturated carbocycles. The Morgan fingerprint density at radius 1 is 0.917 bits per heavy atom. The van der Waals surface area contributed by atoms with Crippen molar-refractivity contribution in [1.82, 2.24) is 10.4 Å². The van der Waals surface area contributed by atoms with Crippen LogP contribution in [0.15, 0.2) is 106 Å². The number of carbonyl (C=O) groups is 1. The molecule has 0 radical (unpaired) electrons. The number of nitrogens with one attached hydrogen (secondary N) is 2. The van der Waals surface area contributed by atoms with E-state index in [1.807, 2.05) is 54.6 Å². The normalized spacial score (nSPS) is 12.0. The number of hydrogen-bond acceptors (Lipinski definition) is 7. The van der Waals surface area contributed by atoms with Gasteiger partial charge in [0.1, 0.15) is 0 Å². The number of nitrogens with two attached hydrogens (primary N) is 1.